The van der Waals surface area contributed by atoms with Crippen molar-refractivity contribution in [3.05, 3.63) is 34.9 Å². The number of benzene rings is 1. The highest BCUT2D eigenvalue weighted by molar-refractivity contribution is 6.31. The van der Waals surface area contributed by atoms with Crippen molar-refractivity contribution < 1.29 is 9.53 Å². The molecule has 0 spiro atoms. The van der Waals surface area contributed by atoms with Gasteiger partial charge in [-0.2, -0.15) is 0 Å². The highest BCUT2D eigenvalue weighted by Gasteiger charge is 2.45. The molecular weight excluding hydrogens is 348 g/mol. The topological polar surface area (TPSA) is 41.6 Å². The number of ether oxygens (including phenoxy) is 1. The molecule has 3 fully saturated rings. The van der Waals surface area contributed by atoms with Crippen LogP contribution in [0.4, 0.5) is 0 Å². The SMILES string of the molecule is O=C(N1CCC(NCC2CC2)CC1)C1(c2ccccc2Cl)CCOCC1. The van der Waals surface area contributed by atoms with Crippen LogP contribution >= 0.6 is 11.6 Å². The lowest BCUT2D eigenvalue weighted by atomic mass is 9.72. The van der Waals surface area contributed by atoms with E-state index in [1.807, 2.05) is 24.3 Å². The Bertz CT molecular complexity index is 633. The smallest absolute Gasteiger partial charge is 0.233 e. The molecule has 1 aliphatic carbocycles. The molecule has 1 aromatic carbocycles. The molecule has 0 unspecified atom stereocenters. The highest BCUT2D eigenvalue weighted by atomic mass is 35.5. The van der Waals surface area contributed by atoms with Crippen LogP contribution in [0.15, 0.2) is 24.3 Å². The molecule has 1 N–H and O–H groups in total. The molecule has 4 rings (SSSR count). The van der Waals surface area contributed by atoms with E-state index in [1.165, 1.54) is 12.8 Å². The number of piperidine rings is 1. The third-order valence-electron chi connectivity index (χ3n) is 6.32. The van der Waals surface area contributed by atoms with Gasteiger partial charge in [0.15, 0.2) is 0 Å². The summed E-state index contributed by atoms with van der Waals surface area (Å²) in [6, 6.07) is 8.40. The second kappa shape index (κ2) is 7.87. The molecule has 5 heteroatoms. The molecule has 2 heterocycles. The fraction of sp³-hybridized carbons (Fsp3) is 0.667. The Morgan fingerprint density at radius 3 is 2.50 bits per heavy atom. The number of rotatable bonds is 5. The molecule has 3 aliphatic rings. The van der Waals surface area contributed by atoms with Gasteiger partial charge in [-0.05, 0) is 62.6 Å². The van der Waals surface area contributed by atoms with Crippen molar-refractivity contribution in [3.8, 4) is 0 Å². The maximum atomic E-state index is 13.6. The van der Waals surface area contributed by atoms with Crippen LogP contribution in [-0.4, -0.2) is 49.7 Å². The van der Waals surface area contributed by atoms with E-state index in [9.17, 15) is 4.79 Å². The first-order chi connectivity index (χ1) is 12.7. The second-order valence-corrected chi connectivity index (χ2v) is 8.50. The van der Waals surface area contributed by atoms with E-state index in [1.54, 1.807) is 0 Å². The number of nitrogens with zero attached hydrogens (tertiary/aromatic N) is 1. The van der Waals surface area contributed by atoms with Gasteiger partial charge in [-0.25, -0.2) is 0 Å². The Morgan fingerprint density at radius 1 is 1.15 bits per heavy atom. The molecular formula is C21H29ClN2O2. The lowest BCUT2D eigenvalue weighted by Gasteiger charge is -2.42. The summed E-state index contributed by atoms with van der Waals surface area (Å²) < 4.78 is 5.58. The molecule has 1 aromatic rings. The van der Waals surface area contributed by atoms with Gasteiger partial charge in [0.1, 0.15) is 0 Å². The predicted octanol–water partition coefficient (Wildman–Crippen LogP) is 3.38. The Hall–Kier alpha value is -1.10. The maximum absolute atomic E-state index is 13.6. The summed E-state index contributed by atoms with van der Waals surface area (Å²) in [5.74, 6) is 1.15. The number of nitrogens with one attached hydrogen (secondary N) is 1. The van der Waals surface area contributed by atoms with E-state index < -0.39 is 5.41 Å². The molecule has 1 amide bonds. The first-order valence-electron chi connectivity index (χ1n) is 10.0. The van der Waals surface area contributed by atoms with Gasteiger partial charge in [-0.3, -0.25) is 4.79 Å². The van der Waals surface area contributed by atoms with Crippen molar-refractivity contribution in [3.63, 3.8) is 0 Å². The van der Waals surface area contributed by atoms with Crippen molar-refractivity contribution in [2.75, 3.05) is 32.8 Å². The summed E-state index contributed by atoms with van der Waals surface area (Å²) in [5, 5.41) is 4.39. The van der Waals surface area contributed by atoms with Gasteiger partial charge in [0.05, 0.1) is 5.41 Å². The number of carbonyl (C=O) groups excluding carboxylic acids is 1. The number of carbonyl (C=O) groups is 1. The molecule has 4 nitrogen and oxygen atoms in total. The van der Waals surface area contributed by atoms with Crippen molar-refractivity contribution >= 4 is 17.5 Å². The van der Waals surface area contributed by atoms with Crippen LogP contribution in [0.25, 0.3) is 0 Å². The van der Waals surface area contributed by atoms with Crippen LogP contribution in [-0.2, 0) is 14.9 Å². The average Bonchev–Trinajstić information content (AvgIpc) is 3.52. The Morgan fingerprint density at radius 2 is 1.85 bits per heavy atom. The second-order valence-electron chi connectivity index (χ2n) is 8.09. The number of hydrogen-bond acceptors (Lipinski definition) is 3. The van der Waals surface area contributed by atoms with Gasteiger partial charge >= 0.3 is 0 Å². The number of amides is 1. The first-order valence-corrected chi connectivity index (χ1v) is 10.4. The molecule has 0 bridgehead atoms. The quantitative estimate of drug-likeness (QED) is 0.856. The van der Waals surface area contributed by atoms with E-state index in [0.29, 0.717) is 24.3 Å². The number of halogens is 1. The van der Waals surface area contributed by atoms with Crippen LogP contribution in [0.2, 0.25) is 5.02 Å². The van der Waals surface area contributed by atoms with Crippen LogP contribution in [0.1, 0.15) is 44.1 Å². The Labute approximate surface area is 161 Å². The van der Waals surface area contributed by atoms with Gasteiger partial charge in [-0.15, -0.1) is 0 Å². The molecule has 0 atom stereocenters. The predicted molar refractivity (Wildman–Crippen MR) is 104 cm³/mol. The minimum atomic E-state index is -0.523. The fourth-order valence-corrected chi connectivity index (χ4v) is 4.73. The summed E-state index contributed by atoms with van der Waals surface area (Å²) >= 11 is 6.51. The standard InChI is InChI=1S/C21H29ClN2O2/c22-19-4-2-1-3-18(19)21(9-13-26-14-10-21)20(25)24-11-7-17(8-12-24)23-15-16-5-6-16/h1-4,16-17,23H,5-15H2. The third-order valence-corrected chi connectivity index (χ3v) is 6.65. The molecule has 2 saturated heterocycles. The Balaban J connectivity index is 1.46. The van der Waals surface area contributed by atoms with Crippen LogP contribution < -0.4 is 5.32 Å². The van der Waals surface area contributed by atoms with Gasteiger partial charge < -0.3 is 15.0 Å². The lowest BCUT2D eigenvalue weighted by molar-refractivity contribution is -0.142. The zero-order valence-electron chi connectivity index (χ0n) is 15.4. The molecule has 1 saturated carbocycles. The summed E-state index contributed by atoms with van der Waals surface area (Å²) in [6.07, 6.45) is 6.30. The fourth-order valence-electron chi connectivity index (χ4n) is 4.41. The van der Waals surface area contributed by atoms with Gasteiger partial charge in [-0.1, -0.05) is 29.8 Å². The molecule has 142 valence electrons. The van der Waals surface area contributed by atoms with E-state index in [-0.39, 0.29) is 5.91 Å². The zero-order chi connectivity index (χ0) is 18.0. The zero-order valence-corrected chi connectivity index (χ0v) is 16.1. The summed E-state index contributed by atoms with van der Waals surface area (Å²) in [5.41, 5.74) is 0.453. The number of hydrogen-bond donors (Lipinski definition) is 1. The minimum absolute atomic E-state index is 0.245. The monoisotopic (exact) mass is 376 g/mol. The maximum Gasteiger partial charge on any atom is 0.233 e. The first kappa shape index (κ1) is 18.3. The molecule has 26 heavy (non-hydrogen) atoms. The summed E-state index contributed by atoms with van der Waals surface area (Å²) in [7, 11) is 0. The van der Waals surface area contributed by atoms with Crippen molar-refractivity contribution in [1.29, 1.82) is 0 Å². The molecule has 0 aromatic heterocycles. The summed E-state index contributed by atoms with van der Waals surface area (Å²) in [4.78, 5) is 15.7. The number of likely N-dealkylation sites (tertiary alicyclic amines) is 1. The van der Waals surface area contributed by atoms with Crippen molar-refractivity contribution in [2.45, 2.75) is 50.0 Å². The van der Waals surface area contributed by atoms with Gasteiger partial charge in [0.25, 0.3) is 0 Å². The van der Waals surface area contributed by atoms with Gasteiger partial charge in [0.2, 0.25) is 5.91 Å². The van der Waals surface area contributed by atoms with Crippen LogP contribution in [0.3, 0.4) is 0 Å². The highest BCUT2D eigenvalue weighted by Crippen LogP contribution is 2.40. The minimum Gasteiger partial charge on any atom is -0.381 e. The van der Waals surface area contributed by atoms with Crippen molar-refractivity contribution in [1.82, 2.24) is 10.2 Å². The van der Waals surface area contributed by atoms with E-state index in [0.717, 1.165) is 56.8 Å². The third kappa shape index (κ3) is 3.78. The van der Waals surface area contributed by atoms with E-state index in [4.69, 9.17) is 16.3 Å². The molecule has 0 radical (unpaired) electrons. The van der Waals surface area contributed by atoms with Crippen LogP contribution in [0, 0.1) is 5.92 Å². The Kier molecular flexibility index (Phi) is 5.53. The van der Waals surface area contributed by atoms with Crippen molar-refractivity contribution in [2.24, 2.45) is 5.92 Å². The van der Waals surface area contributed by atoms with E-state index >= 15 is 0 Å². The molecule has 2 aliphatic heterocycles. The largest absolute Gasteiger partial charge is 0.381 e. The average molecular weight is 377 g/mol. The van der Waals surface area contributed by atoms with Gasteiger partial charge in [0, 0.05) is 37.4 Å². The normalized spacial score (nSPS) is 23.8. The van der Waals surface area contributed by atoms with E-state index in [2.05, 4.69) is 10.2 Å². The van der Waals surface area contributed by atoms with Crippen LogP contribution in [0.5, 0.6) is 0 Å². The summed E-state index contributed by atoms with van der Waals surface area (Å²) in [6.45, 7) is 4.08. The lowest BCUT2D eigenvalue weighted by Crippen LogP contribution is -2.54.